The number of hydrogen-bond donors (Lipinski definition) is 0. The van der Waals surface area contributed by atoms with Crippen LogP contribution in [0.1, 0.15) is 31.6 Å². The number of carbonyl (C=O) groups is 2. The maximum absolute atomic E-state index is 12.9. The molecule has 3 saturated heterocycles. The van der Waals surface area contributed by atoms with Gasteiger partial charge in [0, 0.05) is 51.4 Å². The highest BCUT2D eigenvalue weighted by Gasteiger charge is 2.72. The second kappa shape index (κ2) is 7.90. The highest BCUT2D eigenvalue weighted by molar-refractivity contribution is 7.19. The summed E-state index contributed by atoms with van der Waals surface area (Å²) in [7, 11) is 0. The molecule has 1 saturated carbocycles. The van der Waals surface area contributed by atoms with Gasteiger partial charge in [-0.2, -0.15) is 0 Å². The number of piperidine rings is 2. The molecule has 1 aliphatic carbocycles. The fourth-order valence-electron chi connectivity index (χ4n) is 7.66. The molecule has 0 radical (unpaired) electrons. The third kappa shape index (κ3) is 3.18. The Balaban J connectivity index is 1.18. The van der Waals surface area contributed by atoms with Crippen LogP contribution in [0.15, 0.2) is 42.7 Å². The Kier molecular flexibility index (Phi) is 4.82. The van der Waals surface area contributed by atoms with Gasteiger partial charge in [0.2, 0.25) is 11.8 Å². The summed E-state index contributed by atoms with van der Waals surface area (Å²) in [5, 5.41) is 1.86. The van der Waals surface area contributed by atoms with E-state index in [4.69, 9.17) is 11.6 Å². The lowest BCUT2D eigenvalue weighted by Gasteiger charge is -2.21. The third-order valence-electron chi connectivity index (χ3n) is 9.76. The summed E-state index contributed by atoms with van der Waals surface area (Å²) in [6.07, 6.45) is 6.68. The first kappa shape index (κ1) is 23.2. The summed E-state index contributed by atoms with van der Waals surface area (Å²) in [5.74, 6) is 0.431. The topological polar surface area (TPSA) is 58.4 Å². The van der Waals surface area contributed by atoms with Gasteiger partial charge < -0.3 is 4.57 Å². The van der Waals surface area contributed by atoms with E-state index in [-0.39, 0.29) is 29.1 Å². The van der Waals surface area contributed by atoms with Gasteiger partial charge in [-0.15, -0.1) is 11.3 Å². The maximum Gasteiger partial charge on any atom is 0.234 e. The molecule has 38 heavy (non-hydrogen) atoms. The highest BCUT2D eigenvalue weighted by atomic mass is 35.5. The van der Waals surface area contributed by atoms with Crippen molar-refractivity contribution in [3.05, 3.63) is 52.6 Å². The second-order valence-electron chi connectivity index (χ2n) is 12.1. The first-order chi connectivity index (χ1) is 18.3. The fourth-order valence-corrected chi connectivity index (χ4v) is 9.02. The van der Waals surface area contributed by atoms with Crippen LogP contribution in [0.4, 0.5) is 0 Å². The lowest BCUT2D eigenvalue weighted by atomic mass is 9.99. The molecule has 3 atom stereocenters. The molecule has 3 aliphatic heterocycles. The number of carbonyl (C=O) groups excluding carboxylic acids is 2. The van der Waals surface area contributed by atoms with E-state index in [1.807, 2.05) is 26.1 Å². The summed E-state index contributed by atoms with van der Waals surface area (Å²) in [6.45, 7) is 7.78. The number of aromatic nitrogens is 2. The smallest absolute Gasteiger partial charge is 0.234 e. The number of benzene rings is 1. The van der Waals surface area contributed by atoms with E-state index in [1.54, 1.807) is 11.3 Å². The van der Waals surface area contributed by atoms with Gasteiger partial charge in [0.05, 0.1) is 34.1 Å². The van der Waals surface area contributed by atoms with Crippen molar-refractivity contribution in [2.24, 2.45) is 23.2 Å². The summed E-state index contributed by atoms with van der Waals surface area (Å²) >= 11 is 8.26. The summed E-state index contributed by atoms with van der Waals surface area (Å²) in [6, 6.07) is 11.0. The number of likely N-dealkylation sites (tertiary alicyclic amines) is 1. The Morgan fingerprint density at radius 3 is 2.53 bits per heavy atom. The minimum absolute atomic E-state index is 0.0263. The lowest BCUT2D eigenvalue weighted by Crippen LogP contribution is -2.35. The molecule has 1 aromatic carbocycles. The Labute approximate surface area is 230 Å². The molecule has 0 N–H and O–H groups in total. The van der Waals surface area contributed by atoms with E-state index < -0.39 is 0 Å². The average molecular weight is 545 g/mol. The molecule has 8 heteroatoms. The van der Waals surface area contributed by atoms with Crippen molar-refractivity contribution in [2.45, 2.75) is 45.8 Å². The molecule has 4 aromatic rings. The van der Waals surface area contributed by atoms with Crippen LogP contribution in [-0.4, -0.2) is 50.3 Å². The predicted octanol–water partition coefficient (Wildman–Crippen LogP) is 5.81. The van der Waals surface area contributed by atoms with Crippen molar-refractivity contribution in [3.63, 3.8) is 0 Å². The van der Waals surface area contributed by atoms with Gasteiger partial charge in [-0.1, -0.05) is 25.4 Å². The van der Waals surface area contributed by atoms with Crippen molar-refractivity contribution in [1.29, 1.82) is 0 Å². The Bertz CT molecular complexity index is 1630. The van der Waals surface area contributed by atoms with E-state index >= 15 is 0 Å². The monoisotopic (exact) mass is 544 g/mol. The molecular formula is C30H29ClN4O2S. The zero-order chi connectivity index (χ0) is 25.9. The minimum atomic E-state index is -0.193. The quantitative estimate of drug-likeness (QED) is 0.298. The highest BCUT2D eigenvalue weighted by Crippen LogP contribution is 2.63. The largest absolute Gasteiger partial charge is 0.345 e. The zero-order valence-electron chi connectivity index (χ0n) is 21.5. The van der Waals surface area contributed by atoms with Crippen LogP contribution in [0.5, 0.6) is 0 Å². The van der Waals surface area contributed by atoms with Gasteiger partial charge in [-0.05, 0) is 67.6 Å². The number of hydrogen-bond acceptors (Lipinski definition) is 5. The zero-order valence-corrected chi connectivity index (χ0v) is 23.1. The average Bonchev–Trinajstić information content (AvgIpc) is 3.52. The molecule has 4 fully saturated rings. The number of rotatable bonds is 5. The van der Waals surface area contributed by atoms with Crippen LogP contribution in [0.25, 0.3) is 32.2 Å². The number of amides is 2. The maximum atomic E-state index is 12.9. The Morgan fingerprint density at radius 1 is 1.05 bits per heavy atom. The van der Waals surface area contributed by atoms with Crippen LogP contribution in [0.3, 0.4) is 0 Å². The molecular weight excluding hydrogens is 516 g/mol. The van der Waals surface area contributed by atoms with Gasteiger partial charge in [0.1, 0.15) is 0 Å². The van der Waals surface area contributed by atoms with Crippen LogP contribution >= 0.6 is 22.9 Å². The molecule has 2 bridgehead atoms. The molecule has 194 valence electrons. The Morgan fingerprint density at radius 2 is 1.82 bits per heavy atom. The van der Waals surface area contributed by atoms with Gasteiger partial charge >= 0.3 is 0 Å². The molecule has 6 heterocycles. The lowest BCUT2D eigenvalue weighted by molar-refractivity contribution is -0.143. The number of fused-ring (bicyclic) bond motifs is 5. The number of halogens is 1. The van der Waals surface area contributed by atoms with Gasteiger partial charge in [-0.3, -0.25) is 24.4 Å². The van der Waals surface area contributed by atoms with E-state index in [0.29, 0.717) is 17.6 Å². The van der Waals surface area contributed by atoms with Gasteiger partial charge in [0.25, 0.3) is 0 Å². The summed E-state index contributed by atoms with van der Waals surface area (Å²) in [5.41, 5.74) is 4.10. The standard InChI is InChI=1S/C30H29ClN4O2S/c1-30(2)24-25(30)29(37)35(28(24)36)14-19-13-22-27(38-19)20(3-7-32-22)21-12-18(31)11-17-6-10-34(26(17)21)15-23-16-4-8-33(23)9-5-16/h3,6-7,10-13,16,23-25H,4-5,8-9,14-15H2,1-2H3. The van der Waals surface area contributed by atoms with Crippen molar-refractivity contribution < 1.29 is 9.59 Å². The van der Waals surface area contributed by atoms with Crippen molar-refractivity contribution in [2.75, 3.05) is 13.1 Å². The predicted molar refractivity (Wildman–Crippen MR) is 150 cm³/mol. The SMILES string of the molecule is CC1(C)C2C(=O)N(Cc3cc4nccc(-c5cc(Cl)cc6ccn(CC7C8CCN7CC8)c56)c4s3)C(=O)C21. The molecule has 0 spiro atoms. The van der Waals surface area contributed by atoms with E-state index in [1.165, 1.54) is 36.3 Å². The molecule has 3 unspecified atom stereocenters. The molecule has 6 nitrogen and oxygen atoms in total. The van der Waals surface area contributed by atoms with E-state index in [2.05, 4.69) is 44.9 Å². The fraction of sp³-hybridized carbons (Fsp3) is 0.433. The second-order valence-corrected chi connectivity index (χ2v) is 13.7. The normalized spacial score (nSPS) is 29.2. The first-order valence-electron chi connectivity index (χ1n) is 13.6. The molecule has 4 aliphatic rings. The van der Waals surface area contributed by atoms with Crippen molar-refractivity contribution >= 4 is 55.9 Å². The number of pyridine rings is 1. The summed E-state index contributed by atoms with van der Waals surface area (Å²) < 4.78 is 3.48. The number of nitrogens with zero attached hydrogens (tertiary/aromatic N) is 4. The minimum Gasteiger partial charge on any atom is -0.345 e. The van der Waals surface area contributed by atoms with Crippen LogP contribution in [-0.2, 0) is 22.7 Å². The number of imide groups is 1. The van der Waals surface area contributed by atoms with Crippen molar-refractivity contribution in [1.82, 2.24) is 19.4 Å². The van der Waals surface area contributed by atoms with Crippen LogP contribution in [0.2, 0.25) is 5.02 Å². The molecule has 8 rings (SSSR count). The van der Waals surface area contributed by atoms with E-state index in [0.717, 1.165) is 44.1 Å². The summed E-state index contributed by atoms with van der Waals surface area (Å²) in [4.78, 5) is 35.6. The third-order valence-corrected chi connectivity index (χ3v) is 11.1. The van der Waals surface area contributed by atoms with E-state index in [9.17, 15) is 9.59 Å². The van der Waals surface area contributed by atoms with Crippen LogP contribution in [0, 0.1) is 23.2 Å². The van der Waals surface area contributed by atoms with Crippen molar-refractivity contribution in [3.8, 4) is 11.1 Å². The van der Waals surface area contributed by atoms with Gasteiger partial charge in [0.15, 0.2) is 0 Å². The molecule has 3 aromatic heterocycles. The van der Waals surface area contributed by atoms with Crippen LogP contribution < -0.4 is 0 Å². The first-order valence-corrected chi connectivity index (χ1v) is 14.8. The molecule has 2 amide bonds. The Hall–Kier alpha value is -2.74. The van der Waals surface area contributed by atoms with Gasteiger partial charge in [-0.25, -0.2) is 0 Å². The number of thiophene rings is 1.